The van der Waals surface area contributed by atoms with Gasteiger partial charge in [0.05, 0.1) is 5.69 Å². The first-order valence-corrected chi connectivity index (χ1v) is 4.10. The van der Waals surface area contributed by atoms with Crippen LogP contribution in [0, 0.1) is 0 Å². The van der Waals surface area contributed by atoms with E-state index in [1.165, 1.54) is 5.57 Å². The second-order valence-corrected chi connectivity index (χ2v) is 2.73. The van der Waals surface area contributed by atoms with Gasteiger partial charge >= 0.3 is 0 Å². The van der Waals surface area contributed by atoms with Crippen LogP contribution < -0.4 is 0 Å². The van der Waals surface area contributed by atoms with Crippen molar-refractivity contribution < 1.29 is 0 Å². The molecule has 0 N–H and O–H groups in total. The van der Waals surface area contributed by atoms with Crippen LogP contribution in [0.1, 0.15) is 18.5 Å². The highest BCUT2D eigenvalue weighted by molar-refractivity contribution is 5.72. The molecule has 0 saturated carbocycles. The van der Waals surface area contributed by atoms with Crippen LogP contribution in [0.2, 0.25) is 0 Å². The lowest BCUT2D eigenvalue weighted by Crippen LogP contribution is -1.89. The molecule has 0 aromatic carbocycles. The third kappa shape index (κ3) is 1.42. The first kappa shape index (κ1) is 7.22. The van der Waals surface area contributed by atoms with E-state index in [0.29, 0.717) is 0 Å². The zero-order valence-electron chi connectivity index (χ0n) is 6.77. The van der Waals surface area contributed by atoms with Crippen LogP contribution in [0.25, 0.3) is 5.57 Å². The quantitative estimate of drug-likeness (QED) is 0.626. The van der Waals surface area contributed by atoms with Gasteiger partial charge in [0.15, 0.2) is 0 Å². The molecule has 2 rings (SSSR count). The molecule has 0 radical (unpaired) electrons. The lowest BCUT2D eigenvalue weighted by Gasteiger charge is -2.04. The Morgan fingerprint density at radius 3 is 2.92 bits per heavy atom. The summed E-state index contributed by atoms with van der Waals surface area (Å²) in [6.45, 7) is 0. The van der Waals surface area contributed by atoms with Crippen LogP contribution in [0.15, 0.2) is 36.8 Å². The largest absolute Gasteiger partial charge is 0.245 e. The van der Waals surface area contributed by atoms with Gasteiger partial charge in [-0.2, -0.15) is 0 Å². The van der Waals surface area contributed by atoms with Gasteiger partial charge in [-0.15, -0.1) is 0 Å². The van der Waals surface area contributed by atoms with E-state index in [0.717, 1.165) is 18.5 Å². The van der Waals surface area contributed by atoms with Gasteiger partial charge in [0.25, 0.3) is 0 Å². The molecule has 0 amide bonds. The van der Waals surface area contributed by atoms with Crippen molar-refractivity contribution in [2.45, 2.75) is 12.8 Å². The Bertz CT molecular complexity index is 312. The van der Waals surface area contributed by atoms with E-state index >= 15 is 0 Å². The van der Waals surface area contributed by atoms with Crippen LogP contribution in [-0.4, -0.2) is 9.97 Å². The van der Waals surface area contributed by atoms with E-state index in [9.17, 15) is 0 Å². The van der Waals surface area contributed by atoms with Crippen molar-refractivity contribution in [1.82, 2.24) is 9.97 Å². The number of hydrogen-bond donors (Lipinski definition) is 0. The van der Waals surface area contributed by atoms with Crippen molar-refractivity contribution in [2.24, 2.45) is 0 Å². The van der Waals surface area contributed by atoms with Gasteiger partial charge in [-0.05, 0) is 24.5 Å². The monoisotopic (exact) mass is 158 g/mol. The molecule has 60 valence electrons. The highest BCUT2D eigenvalue weighted by Gasteiger charge is 2.00. The number of rotatable bonds is 1. The van der Waals surface area contributed by atoms with Crippen LogP contribution in [0.3, 0.4) is 0 Å². The van der Waals surface area contributed by atoms with Gasteiger partial charge < -0.3 is 0 Å². The van der Waals surface area contributed by atoms with Crippen LogP contribution in [0.4, 0.5) is 0 Å². The molecule has 12 heavy (non-hydrogen) atoms. The molecule has 0 bridgehead atoms. The smallest absolute Gasteiger partial charge is 0.116 e. The highest BCUT2D eigenvalue weighted by atomic mass is 14.8. The maximum Gasteiger partial charge on any atom is 0.116 e. The minimum atomic E-state index is 1.01. The number of aromatic nitrogens is 2. The van der Waals surface area contributed by atoms with Crippen molar-refractivity contribution in [1.29, 1.82) is 0 Å². The lowest BCUT2D eigenvalue weighted by atomic mass is 10.0. The minimum Gasteiger partial charge on any atom is -0.245 e. The van der Waals surface area contributed by atoms with E-state index in [-0.39, 0.29) is 0 Å². The third-order valence-corrected chi connectivity index (χ3v) is 1.87. The summed E-state index contributed by atoms with van der Waals surface area (Å²) < 4.78 is 0. The van der Waals surface area contributed by atoms with Crippen LogP contribution >= 0.6 is 0 Å². The molecule has 0 aliphatic heterocycles. The van der Waals surface area contributed by atoms with E-state index < -0.39 is 0 Å². The normalized spacial score (nSPS) is 15.8. The lowest BCUT2D eigenvalue weighted by molar-refractivity contribution is 1.03. The summed E-state index contributed by atoms with van der Waals surface area (Å²) in [4.78, 5) is 8.05. The Balaban J connectivity index is 2.31. The molecule has 2 nitrogen and oxygen atoms in total. The Labute approximate surface area is 71.7 Å². The molecular formula is C10H10N2. The zero-order valence-corrected chi connectivity index (χ0v) is 6.77. The summed E-state index contributed by atoms with van der Waals surface area (Å²) in [7, 11) is 0. The first-order valence-electron chi connectivity index (χ1n) is 4.10. The minimum absolute atomic E-state index is 1.01. The molecule has 1 aromatic heterocycles. The maximum atomic E-state index is 4.17. The van der Waals surface area contributed by atoms with E-state index in [1.54, 1.807) is 12.5 Å². The molecule has 2 heteroatoms. The maximum absolute atomic E-state index is 4.17. The van der Waals surface area contributed by atoms with Gasteiger partial charge in [0.1, 0.15) is 6.33 Å². The topological polar surface area (TPSA) is 25.8 Å². The van der Waals surface area contributed by atoms with Gasteiger partial charge in [-0.25, -0.2) is 9.97 Å². The molecule has 0 unspecified atom stereocenters. The SMILES string of the molecule is C1=CC(c2ccncn2)=CCC1. The molecule has 1 aliphatic rings. The molecule has 0 fully saturated rings. The van der Waals surface area contributed by atoms with Crippen molar-refractivity contribution in [3.63, 3.8) is 0 Å². The summed E-state index contributed by atoms with van der Waals surface area (Å²) in [6.07, 6.45) is 12.1. The summed E-state index contributed by atoms with van der Waals surface area (Å²) in [6, 6.07) is 1.93. The number of allylic oxidation sites excluding steroid dienone is 4. The van der Waals surface area contributed by atoms with Crippen molar-refractivity contribution in [3.05, 3.63) is 42.5 Å². The van der Waals surface area contributed by atoms with Crippen molar-refractivity contribution in [2.75, 3.05) is 0 Å². The second-order valence-electron chi connectivity index (χ2n) is 2.73. The predicted octanol–water partition coefficient (Wildman–Crippen LogP) is 2.21. The fourth-order valence-corrected chi connectivity index (χ4v) is 1.26. The van der Waals surface area contributed by atoms with E-state index in [1.807, 2.05) is 6.07 Å². The summed E-state index contributed by atoms with van der Waals surface area (Å²) in [5.41, 5.74) is 2.23. The standard InChI is InChI=1S/C10H10N2/c1-2-4-9(5-3-1)10-6-7-11-8-12-10/h2,4-8H,1,3H2. The molecule has 1 aromatic rings. The fourth-order valence-electron chi connectivity index (χ4n) is 1.26. The molecule has 0 saturated heterocycles. The van der Waals surface area contributed by atoms with E-state index in [4.69, 9.17) is 0 Å². The molecule has 1 aliphatic carbocycles. The average molecular weight is 158 g/mol. The summed E-state index contributed by atoms with van der Waals surface area (Å²) in [5.74, 6) is 0. The summed E-state index contributed by atoms with van der Waals surface area (Å²) in [5, 5.41) is 0. The molecular weight excluding hydrogens is 148 g/mol. The molecule has 0 spiro atoms. The summed E-state index contributed by atoms with van der Waals surface area (Å²) >= 11 is 0. The molecule has 1 heterocycles. The Hall–Kier alpha value is -1.44. The van der Waals surface area contributed by atoms with Crippen LogP contribution in [-0.2, 0) is 0 Å². The predicted molar refractivity (Wildman–Crippen MR) is 48.4 cm³/mol. The Kier molecular flexibility index (Phi) is 1.99. The van der Waals surface area contributed by atoms with Gasteiger partial charge in [-0.1, -0.05) is 18.2 Å². The second kappa shape index (κ2) is 3.30. The van der Waals surface area contributed by atoms with E-state index in [2.05, 4.69) is 28.2 Å². The molecule has 0 atom stereocenters. The van der Waals surface area contributed by atoms with Crippen LogP contribution in [0.5, 0.6) is 0 Å². The first-order chi connectivity index (χ1) is 5.97. The van der Waals surface area contributed by atoms with Crippen molar-refractivity contribution >= 4 is 5.57 Å². The zero-order chi connectivity index (χ0) is 8.23. The van der Waals surface area contributed by atoms with Crippen molar-refractivity contribution in [3.8, 4) is 0 Å². The Morgan fingerprint density at radius 2 is 2.25 bits per heavy atom. The van der Waals surface area contributed by atoms with Gasteiger partial charge in [0.2, 0.25) is 0 Å². The number of nitrogens with zero attached hydrogens (tertiary/aromatic N) is 2. The third-order valence-electron chi connectivity index (χ3n) is 1.87. The average Bonchev–Trinajstić information content (AvgIpc) is 2.21. The van der Waals surface area contributed by atoms with Gasteiger partial charge in [-0.3, -0.25) is 0 Å². The highest BCUT2D eigenvalue weighted by Crippen LogP contribution is 2.18. The number of hydrogen-bond acceptors (Lipinski definition) is 2. The Morgan fingerprint density at radius 1 is 1.25 bits per heavy atom. The van der Waals surface area contributed by atoms with Gasteiger partial charge in [0, 0.05) is 6.20 Å². The fraction of sp³-hybridized carbons (Fsp3) is 0.200.